The van der Waals surface area contributed by atoms with Gasteiger partial charge in [-0.05, 0) is 89.8 Å². The molecule has 0 spiro atoms. The molecular weight excluding hydrogens is 1050 g/mol. The van der Waals surface area contributed by atoms with Crippen LogP contribution in [0.3, 0.4) is 0 Å². The summed E-state index contributed by atoms with van der Waals surface area (Å²) in [4.78, 5) is 56.6. The van der Waals surface area contributed by atoms with Gasteiger partial charge in [0.05, 0.1) is 31.2 Å². The number of amidine groups is 1. The fraction of sp³-hybridized carbons (Fsp3) is 0.460. The average molecular weight is 1120 g/mol. The Kier molecular flexibility index (Phi) is 27.6. The van der Waals surface area contributed by atoms with Gasteiger partial charge in [0.2, 0.25) is 0 Å². The second-order valence-corrected chi connectivity index (χ2v) is 20.3. The van der Waals surface area contributed by atoms with Crippen molar-refractivity contribution in [3.8, 4) is 6.57 Å². The van der Waals surface area contributed by atoms with E-state index >= 15 is 0 Å². The quantitative estimate of drug-likeness (QED) is 0.123. The summed E-state index contributed by atoms with van der Waals surface area (Å²) in [6.07, 6.45) is 4.42. The molecule has 0 saturated carbocycles. The molecule has 0 radical (unpaired) electrons. The minimum Gasteiger partial charge on any atom is -1.00 e. The van der Waals surface area contributed by atoms with Gasteiger partial charge in [-0.1, -0.05) is 42.6 Å². The van der Waals surface area contributed by atoms with Crippen LogP contribution in [-0.2, 0) is 23.8 Å². The topological polar surface area (TPSA) is 133 Å². The number of aryl methyl sites for hydroxylation is 2. The SMILES string of the molecule is C.C#[N+]C(CC1CCN(C2=Cc3ccccc3Nc3sc(C)cc32)CC1)C(=O)OC.COC(=O)C(CN1CCN(C2=Nc3ccccc3Nc3sc(C)cc32)CC1)N(C)C(=O)OC(C)(C)C.Cl.[Cl-].[Cl-].[Cl-].[H-].[K+]. The number of carbonyl (C=O) groups excluding carboxylic acids is 3. The zero-order valence-electron chi connectivity index (χ0n) is 42.2. The number of nitrogens with one attached hydrogen (secondary N) is 2. The van der Waals surface area contributed by atoms with Gasteiger partial charge in [-0.25, -0.2) is 19.4 Å². The molecule has 2 fully saturated rings. The molecule has 4 aliphatic rings. The standard InChI is InChI=1S/C26H35N5O4S.C23H26N3O2S.CH4.4ClH.K.H/c1-17-15-18-22(27-19-9-7-8-10-20(19)28-23(18)36-17)31-13-11-30(12-14-31)16-21(24(32)34-6)29(5)25(33)35-26(2,3)4;1-15-12-18-21(14-17-6-4-5-7-19(17)25-22(18)29-15)26-10-8-16(9-11-26)13-20(24-2)23(27)28-3;;;;;;;/h7-10,15,21,28H,11-14,16H2,1-6H3;2,4-7,12,14,16,20,25H,8-11,13H2,1,3H3;1H4;4*1H;;/q;+1;;;;;;+1;-1/p-3. The van der Waals surface area contributed by atoms with Crippen molar-refractivity contribution in [3.05, 3.63) is 92.0 Å². The van der Waals surface area contributed by atoms with Crippen LogP contribution in [0.4, 0.5) is 31.9 Å². The van der Waals surface area contributed by atoms with E-state index in [-0.39, 0.29) is 116 Å². The number of aliphatic imine (C=N–C) groups is 1. The molecule has 2 atom stereocenters. The first-order valence-corrected chi connectivity index (χ1v) is 23.8. The Labute approximate surface area is 497 Å². The van der Waals surface area contributed by atoms with Crippen LogP contribution in [-0.4, -0.2) is 128 Å². The van der Waals surface area contributed by atoms with Gasteiger partial charge in [0.1, 0.15) is 27.5 Å². The molecule has 2 saturated heterocycles. The van der Waals surface area contributed by atoms with Gasteiger partial charge in [0.25, 0.3) is 6.57 Å². The molecule has 2 unspecified atom stereocenters. The summed E-state index contributed by atoms with van der Waals surface area (Å²) in [6, 6.07) is 19.7. The molecule has 14 nitrogen and oxygen atoms in total. The minimum atomic E-state index is -0.756. The second kappa shape index (κ2) is 29.7. The molecule has 1 amide bonds. The average Bonchev–Trinajstić information content (AvgIpc) is 3.75. The number of amides is 1. The van der Waals surface area contributed by atoms with Crippen molar-refractivity contribution >= 4 is 97.8 Å². The van der Waals surface area contributed by atoms with Crippen molar-refractivity contribution in [2.24, 2.45) is 10.9 Å². The molecule has 386 valence electrons. The fourth-order valence-electron chi connectivity index (χ4n) is 8.55. The first-order chi connectivity index (χ1) is 31.1. The third kappa shape index (κ3) is 16.7. The van der Waals surface area contributed by atoms with Crippen molar-refractivity contribution in [1.29, 1.82) is 0 Å². The number of hydrogen-bond donors (Lipinski definition) is 2. The maximum Gasteiger partial charge on any atom is 1.00 e. The molecule has 4 aliphatic heterocycles. The van der Waals surface area contributed by atoms with E-state index in [0.717, 1.165) is 85.6 Å². The molecule has 4 aromatic rings. The molecular formula is C50H67Cl4KN8O6S2-2. The van der Waals surface area contributed by atoms with E-state index in [1.807, 2.05) is 24.3 Å². The van der Waals surface area contributed by atoms with Gasteiger partial charge >= 0.3 is 75.5 Å². The van der Waals surface area contributed by atoms with Crippen molar-refractivity contribution in [2.45, 2.75) is 79.0 Å². The van der Waals surface area contributed by atoms with Gasteiger partial charge in [-0.2, -0.15) is 0 Å². The van der Waals surface area contributed by atoms with Crippen molar-refractivity contribution in [1.82, 2.24) is 19.6 Å². The number of piperazine rings is 1. The molecule has 2 N–H and O–H groups in total. The number of anilines is 4. The van der Waals surface area contributed by atoms with Crippen LogP contribution < -0.4 is 99.2 Å². The maximum absolute atomic E-state index is 12.6. The summed E-state index contributed by atoms with van der Waals surface area (Å²) >= 11 is 3.53. The van der Waals surface area contributed by atoms with Crippen molar-refractivity contribution in [3.63, 3.8) is 0 Å². The Hall–Kier alpha value is -3.09. The van der Waals surface area contributed by atoms with Gasteiger partial charge < -0.3 is 73.3 Å². The third-order valence-electron chi connectivity index (χ3n) is 12.0. The fourth-order valence-corrected chi connectivity index (χ4v) is 10.4. The van der Waals surface area contributed by atoms with Gasteiger partial charge in [0, 0.05) is 91.5 Å². The van der Waals surface area contributed by atoms with Crippen LogP contribution >= 0.6 is 35.1 Å². The Morgan fingerprint density at radius 3 is 1.99 bits per heavy atom. The predicted octanol–water partition coefficient (Wildman–Crippen LogP) is -1.38. The van der Waals surface area contributed by atoms with E-state index in [9.17, 15) is 14.4 Å². The number of likely N-dealkylation sites (tertiary alicyclic amines) is 1. The first-order valence-electron chi connectivity index (χ1n) is 22.1. The third-order valence-corrected chi connectivity index (χ3v) is 13.9. The first kappa shape index (κ1) is 65.9. The molecule has 71 heavy (non-hydrogen) atoms. The minimum absolute atomic E-state index is 0. The number of carbonyl (C=O) groups is 3. The number of ether oxygens (including phenoxy) is 3. The smallest absolute Gasteiger partial charge is 1.00 e. The number of esters is 2. The number of rotatable bonds is 8. The Bertz CT molecular complexity index is 2500. The Balaban J connectivity index is 0.00000130. The van der Waals surface area contributed by atoms with E-state index in [4.69, 9.17) is 25.8 Å². The predicted molar refractivity (Wildman–Crippen MR) is 278 cm³/mol. The van der Waals surface area contributed by atoms with Crippen LogP contribution in [0.15, 0.2) is 65.7 Å². The van der Waals surface area contributed by atoms with Crippen LogP contribution in [0.25, 0.3) is 16.6 Å². The van der Waals surface area contributed by atoms with Crippen LogP contribution in [0.5, 0.6) is 0 Å². The number of nitrogens with zero attached hydrogens (tertiary/aromatic N) is 6. The number of halogens is 4. The number of hydrogen-bond acceptors (Lipinski definition) is 14. The summed E-state index contributed by atoms with van der Waals surface area (Å²) in [5.41, 5.74) is 7.27. The largest absolute Gasteiger partial charge is 1.00 e. The van der Waals surface area contributed by atoms with E-state index < -0.39 is 29.7 Å². The molecule has 2 aromatic carbocycles. The maximum atomic E-state index is 12.6. The van der Waals surface area contributed by atoms with Crippen molar-refractivity contribution in [2.75, 3.05) is 77.7 Å². The second-order valence-electron chi connectivity index (χ2n) is 17.8. The van der Waals surface area contributed by atoms with E-state index in [1.54, 1.807) is 50.5 Å². The normalized spacial score (nSPS) is 15.4. The number of thiophene rings is 2. The van der Waals surface area contributed by atoms with Gasteiger partial charge in [-0.15, -0.1) is 35.1 Å². The molecule has 21 heteroatoms. The molecule has 0 bridgehead atoms. The Morgan fingerprint density at radius 1 is 0.845 bits per heavy atom. The number of benzene rings is 2. The van der Waals surface area contributed by atoms with Crippen LogP contribution in [0, 0.1) is 26.3 Å². The van der Waals surface area contributed by atoms with E-state index in [0.29, 0.717) is 18.9 Å². The molecule has 0 aliphatic carbocycles. The number of fused-ring (bicyclic) bond motifs is 4. The summed E-state index contributed by atoms with van der Waals surface area (Å²) in [5, 5.41) is 9.47. The van der Waals surface area contributed by atoms with Gasteiger partial charge in [-0.3, -0.25) is 9.80 Å². The summed E-state index contributed by atoms with van der Waals surface area (Å²) in [6.45, 7) is 20.3. The van der Waals surface area contributed by atoms with Gasteiger partial charge in [0.15, 0.2) is 0 Å². The summed E-state index contributed by atoms with van der Waals surface area (Å²) < 4.78 is 15.3. The number of para-hydroxylation sites is 3. The number of piperidine rings is 1. The number of methoxy groups -OCH3 is 2. The Morgan fingerprint density at radius 2 is 1.39 bits per heavy atom. The van der Waals surface area contributed by atoms with Crippen LogP contribution in [0.1, 0.15) is 75.3 Å². The molecule has 2 aromatic heterocycles. The summed E-state index contributed by atoms with van der Waals surface area (Å²) in [7, 11) is 4.30. The zero-order chi connectivity index (χ0) is 46.4. The van der Waals surface area contributed by atoms with Crippen molar-refractivity contribution < 1.29 is 119 Å². The molecule has 8 rings (SSSR count). The van der Waals surface area contributed by atoms with E-state index in [1.165, 1.54) is 50.7 Å². The zero-order valence-corrected chi connectivity index (χ0v) is 49.1. The number of likely N-dealkylation sites (N-methyl/N-ethyl adjacent to an activating group) is 1. The molecule has 6 heterocycles. The van der Waals surface area contributed by atoms with Crippen LogP contribution in [0.2, 0.25) is 0 Å². The summed E-state index contributed by atoms with van der Waals surface area (Å²) in [5.74, 6) is 0.576. The van der Waals surface area contributed by atoms with E-state index in [2.05, 4.69) is 86.5 Å². The monoisotopic (exact) mass is 1120 g/mol.